The Morgan fingerprint density at radius 1 is 1.53 bits per heavy atom. The van der Waals surface area contributed by atoms with Gasteiger partial charge < -0.3 is 4.74 Å². The molecule has 17 heavy (non-hydrogen) atoms. The van der Waals surface area contributed by atoms with Gasteiger partial charge in [-0.2, -0.15) is 0 Å². The molecule has 0 saturated heterocycles. The van der Waals surface area contributed by atoms with Crippen molar-refractivity contribution in [1.29, 1.82) is 0 Å². The van der Waals surface area contributed by atoms with Crippen LogP contribution >= 0.6 is 0 Å². The number of hydrogen-bond acceptors (Lipinski definition) is 3. The molecule has 0 saturated carbocycles. The summed E-state index contributed by atoms with van der Waals surface area (Å²) in [5, 5.41) is 0. The van der Waals surface area contributed by atoms with Crippen molar-refractivity contribution in [2.75, 3.05) is 6.61 Å². The normalized spacial score (nSPS) is 18.9. The quantitative estimate of drug-likeness (QED) is 0.754. The van der Waals surface area contributed by atoms with Crippen molar-refractivity contribution in [1.82, 2.24) is 0 Å². The van der Waals surface area contributed by atoms with Gasteiger partial charge in [0.15, 0.2) is 0 Å². The Hall–Kier alpha value is -1.71. The van der Waals surface area contributed by atoms with Crippen molar-refractivity contribution >= 4 is 11.7 Å². The van der Waals surface area contributed by atoms with E-state index in [2.05, 4.69) is 4.99 Å². The van der Waals surface area contributed by atoms with Gasteiger partial charge in [0, 0.05) is 11.3 Å². The minimum absolute atomic E-state index is 0.296. The lowest BCUT2D eigenvalue weighted by molar-refractivity contribution is -0.144. The fraction of sp³-hybridized carbons (Fsp3) is 0.385. The Morgan fingerprint density at radius 2 is 2.29 bits per heavy atom. The number of aliphatic imine (C=N–C) groups is 1. The first-order chi connectivity index (χ1) is 8.22. The van der Waals surface area contributed by atoms with Crippen molar-refractivity contribution in [2.24, 2.45) is 4.99 Å². The molecule has 1 aromatic carbocycles. The van der Waals surface area contributed by atoms with Gasteiger partial charge in [0.1, 0.15) is 11.9 Å². The van der Waals surface area contributed by atoms with Crippen molar-refractivity contribution in [2.45, 2.75) is 25.8 Å². The van der Waals surface area contributed by atoms with Crippen molar-refractivity contribution < 1.29 is 13.9 Å². The average molecular weight is 235 g/mol. The SMILES string of the molecule is CCOC(=O)[C@H]1CCC(c2ccccc2F)=N1. The average Bonchev–Trinajstić information content (AvgIpc) is 2.79. The Kier molecular flexibility index (Phi) is 3.52. The maximum atomic E-state index is 13.5. The van der Waals surface area contributed by atoms with Crippen LogP contribution in [0.25, 0.3) is 0 Å². The van der Waals surface area contributed by atoms with Gasteiger partial charge >= 0.3 is 5.97 Å². The molecule has 0 aliphatic carbocycles. The smallest absolute Gasteiger partial charge is 0.330 e. The van der Waals surface area contributed by atoms with Crippen LogP contribution in [0.5, 0.6) is 0 Å². The van der Waals surface area contributed by atoms with Crippen LogP contribution in [0.1, 0.15) is 25.3 Å². The van der Waals surface area contributed by atoms with Gasteiger partial charge in [-0.25, -0.2) is 9.18 Å². The van der Waals surface area contributed by atoms with Gasteiger partial charge in [0.05, 0.1) is 6.61 Å². The highest BCUT2D eigenvalue weighted by molar-refractivity contribution is 6.03. The molecule has 4 heteroatoms. The monoisotopic (exact) mass is 235 g/mol. The lowest BCUT2D eigenvalue weighted by atomic mass is 10.1. The van der Waals surface area contributed by atoms with E-state index in [-0.39, 0.29) is 11.8 Å². The highest BCUT2D eigenvalue weighted by Gasteiger charge is 2.26. The van der Waals surface area contributed by atoms with E-state index in [1.54, 1.807) is 25.1 Å². The van der Waals surface area contributed by atoms with Crippen molar-refractivity contribution in [3.05, 3.63) is 35.6 Å². The molecule has 1 aliphatic rings. The van der Waals surface area contributed by atoms with Gasteiger partial charge in [0.25, 0.3) is 0 Å². The maximum absolute atomic E-state index is 13.5. The van der Waals surface area contributed by atoms with E-state index in [1.807, 2.05) is 0 Å². The lowest BCUT2D eigenvalue weighted by Crippen LogP contribution is -2.18. The van der Waals surface area contributed by atoms with Gasteiger partial charge in [-0.05, 0) is 25.8 Å². The fourth-order valence-electron chi connectivity index (χ4n) is 1.90. The molecule has 0 amide bonds. The molecule has 0 unspecified atom stereocenters. The lowest BCUT2D eigenvalue weighted by Gasteiger charge is -2.04. The molecule has 0 fully saturated rings. The third kappa shape index (κ3) is 2.52. The Morgan fingerprint density at radius 3 is 3.00 bits per heavy atom. The first-order valence-corrected chi connectivity index (χ1v) is 5.70. The zero-order valence-electron chi connectivity index (χ0n) is 9.65. The second-order valence-electron chi connectivity index (χ2n) is 3.86. The Bertz CT molecular complexity index is 456. The fourth-order valence-corrected chi connectivity index (χ4v) is 1.90. The molecule has 3 nitrogen and oxygen atoms in total. The highest BCUT2D eigenvalue weighted by Crippen LogP contribution is 2.21. The van der Waals surface area contributed by atoms with E-state index in [1.165, 1.54) is 6.07 Å². The molecule has 0 bridgehead atoms. The van der Waals surface area contributed by atoms with Crippen molar-refractivity contribution in [3.8, 4) is 0 Å². The molecule has 0 radical (unpaired) electrons. The molecule has 0 spiro atoms. The number of esters is 1. The number of hydrogen-bond donors (Lipinski definition) is 0. The third-order valence-corrected chi connectivity index (χ3v) is 2.71. The van der Waals surface area contributed by atoms with E-state index in [0.29, 0.717) is 30.7 Å². The summed E-state index contributed by atoms with van der Waals surface area (Å²) in [5.41, 5.74) is 1.14. The molecule has 0 N–H and O–H groups in total. The van der Waals surface area contributed by atoms with Crippen LogP contribution < -0.4 is 0 Å². The van der Waals surface area contributed by atoms with E-state index >= 15 is 0 Å². The summed E-state index contributed by atoms with van der Waals surface area (Å²) in [6.45, 7) is 2.11. The first kappa shape index (κ1) is 11.8. The van der Waals surface area contributed by atoms with E-state index in [9.17, 15) is 9.18 Å². The largest absolute Gasteiger partial charge is 0.464 e. The summed E-state index contributed by atoms with van der Waals surface area (Å²) < 4.78 is 18.4. The molecule has 90 valence electrons. The van der Waals surface area contributed by atoms with Crippen molar-refractivity contribution in [3.63, 3.8) is 0 Å². The van der Waals surface area contributed by atoms with Gasteiger partial charge in [0.2, 0.25) is 0 Å². The zero-order chi connectivity index (χ0) is 12.3. The summed E-state index contributed by atoms with van der Waals surface area (Å²) >= 11 is 0. The molecular formula is C13H14FNO2. The summed E-state index contributed by atoms with van der Waals surface area (Å²) in [4.78, 5) is 15.7. The predicted octanol–water partition coefficient (Wildman–Crippen LogP) is 2.34. The Balaban J connectivity index is 2.17. The van der Waals surface area contributed by atoms with E-state index in [0.717, 1.165) is 0 Å². The minimum Gasteiger partial charge on any atom is -0.464 e. The zero-order valence-corrected chi connectivity index (χ0v) is 9.65. The first-order valence-electron chi connectivity index (χ1n) is 5.70. The second kappa shape index (κ2) is 5.08. The molecule has 1 heterocycles. The third-order valence-electron chi connectivity index (χ3n) is 2.71. The van der Waals surface area contributed by atoms with Gasteiger partial charge in [-0.1, -0.05) is 18.2 Å². The van der Waals surface area contributed by atoms with Crippen LogP contribution in [0, 0.1) is 5.82 Å². The molecule has 2 rings (SSSR count). The minimum atomic E-state index is -0.468. The van der Waals surface area contributed by atoms with E-state index in [4.69, 9.17) is 4.74 Å². The number of ether oxygens (including phenoxy) is 1. The topological polar surface area (TPSA) is 38.7 Å². The van der Waals surface area contributed by atoms with Gasteiger partial charge in [-0.3, -0.25) is 4.99 Å². The number of rotatable bonds is 3. The summed E-state index contributed by atoms with van der Waals surface area (Å²) in [6, 6.07) is 6.01. The molecular weight excluding hydrogens is 221 g/mol. The molecule has 1 aliphatic heterocycles. The number of halogens is 1. The maximum Gasteiger partial charge on any atom is 0.330 e. The molecule has 0 aromatic heterocycles. The number of nitrogens with zero attached hydrogens (tertiary/aromatic N) is 1. The van der Waals surface area contributed by atoms with Crippen LogP contribution in [-0.4, -0.2) is 24.3 Å². The Labute approximate surface area is 99.3 Å². The van der Waals surface area contributed by atoms with Gasteiger partial charge in [-0.15, -0.1) is 0 Å². The van der Waals surface area contributed by atoms with Crippen LogP contribution in [0.3, 0.4) is 0 Å². The summed E-state index contributed by atoms with van der Waals surface area (Å²) in [6.07, 6.45) is 1.22. The summed E-state index contributed by atoms with van der Waals surface area (Å²) in [5.74, 6) is -0.616. The number of benzene rings is 1. The summed E-state index contributed by atoms with van der Waals surface area (Å²) in [7, 11) is 0. The number of carbonyl (C=O) groups is 1. The predicted molar refractivity (Wildman–Crippen MR) is 62.6 cm³/mol. The van der Waals surface area contributed by atoms with Crippen LogP contribution in [0.15, 0.2) is 29.3 Å². The van der Waals surface area contributed by atoms with Crippen LogP contribution in [0.2, 0.25) is 0 Å². The molecule has 1 aromatic rings. The van der Waals surface area contributed by atoms with E-state index < -0.39 is 6.04 Å². The van der Waals surface area contributed by atoms with Crippen LogP contribution in [0.4, 0.5) is 4.39 Å². The number of carbonyl (C=O) groups excluding carboxylic acids is 1. The van der Waals surface area contributed by atoms with Crippen LogP contribution in [-0.2, 0) is 9.53 Å². The molecule has 1 atom stereocenters. The standard InChI is InChI=1S/C13H14FNO2/c1-2-17-13(16)12-8-7-11(15-12)9-5-3-4-6-10(9)14/h3-6,12H,2,7-8H2,1H3/t12-/m1/s1. The highest BCUT2D eigenvalue weighted by atomic mass is 19.1. The second-order valence-corrected chi connectivity index (χ2v) is 3.86.